The van der Waals surface area contributed by atoms with Crippen LogP contribution < -0.4 is 5.32 Å². The Bertz CT molecular complexity index is 962. The number of thioether (sulfide) groups is 1. The number of hydrogen-bond donors (Lipinski definition) is 1. The second kappa shape index (κ2) is 8.13. The number of nitrogens with zero attached hydrogens (tertiary/aromatic N) is 4. The Labute approximate surface area is 161 Å². The van der Waals surface area contributed by atoms with E-state index in [1.54, 1.807) is 28.9 Å². The number of tetrazole rings is 1. The molecule has 0 atom stereocenters. The second-order valence-corrected chi connectivity index (χ2v) is 7.03. The van der Waals surface area contributed by atoms with Crippen molar-refractivity contribution in [2.45, 2.75) is 25.9 Å². The van der Waals surface area contributed by atoms with Gasteiger partial charge in [0.2, 0.25) is 11.1 Å². The summed E-state index contributed by atoms with van der Waals surface area (Å²) in [6, 6.07) is 12.8. The van der Waals surface area contributed by atoms with E-state index in [1.165, 1.54) is 18.7 Å². The molecule has 0 unspecified atom stereocenters. The molecular weight excluding hydrogens is 362 g/mol. The average Bonchev–Trinajstić information content (AvgIpc) is 3.08. The minimum Gasteiger partial charge on any atom is -0.326 e. The van der Waals surface area contributed by atoms with Gasteiger partial charge < -0.3 is 5.32 Å². The quantitative estimate of drug-likeness (QED) is 0.521. The predicted octanol–water partition coefficient (Wildman–Crippen LogP) is 3.21. The molecular formula is C19H19N5O2S. The lowest BCUT2D eigenvalue weighted by Gasteiger charge is -2.10. The van der Waals surface area contributed by atoms with E-state index in [0.717, 1.165) is 16.8 Å². The van der Waals surface area contributed by atoms with Gasteiger partial charge in [0.25, 0.3) is 0 Å². The maximum atomic E-state index is 12.5. The number of carbonyl (C=O) groups excluding carboxylic acids is 2. The molecule has 0 saturated heterocycles. The molecule has 1 amide bonds. The molecule has 0 aliphatic rings. The lowest BCUT2D eigenvalue weighted by molar-refractivity contribution is -0.114. The summed E-state index contributed by atoms with van der Waals surface area (Å²) in [6.07, 6.45) is 0. The van der Waals surface area contributed by atoms with Crippen LogP contribution in [-0.2, 0) is 4.79 Å². The number of para-hydroxylation sites is 1. The molecule has 0 radical (unpaired) electrons. The molecule has 2 aromatic carbocycles. The Morgan fingerprint density at radius 1 is 1.07 bits per heavy atom. The van der Waals surface area contributed by atoms with Crippen molar-refractivity contribution in [1.29, 1.82) is 0 Å². The Hall–Kier alpha value is -3.00. The first-order valence-corrected chi connectivity index (χ1v) is 9.33. The molecule has 1 heterocycles. The number of nitrogens with one attached hydrogen (secondary N) is 1. The third-order valence-corrected chi connectivity index (χ3v) is 4.87. The number of anilines is 1. The molecule has 3 rings (SSSR count). The molecule has 1 N–H and O–H groups in total. The van der Waals surface area contributed by atoms with Crippen LogP contribution in [0.1, 0.15) is 28.4 Å². The Balaban J connectivity index is 1.72. The summed E-state index contributed by atoms with van der Waals surface area (Å²) in [5, 5.41) is 15.1. The van der Waals surface area contributed by atoms with Gasteiger partial charge in [-0.2, -0.15) is 4.68 Å². The topological polar surface area (TPSA) is 89.8 Å². The van der Waals surface area contributed by atoms with Crippen LogP contribution in [-0.4, -0.2) is 37.7 Å². The molecule has 3 aromatic rings. The van der Waals surface area contributed by atoms with Crippen molar-refractivity contribution in [3.63, 3.8) is 0 Å². The fourth-order valence-corrected chi connectivity index (χ4v) is 3.48. The Morgan fingerprint density at radius 2 is 1.74 bits per heavy atom. The SMILES string of the molecule is CC(=O)Nc1ccc(C(=O)CSc2nnnn2-c2c(C)cccc2C)cc1. The van der Waals surface area contributed by atoms with E-state index in [9.17, 15) is 9.59 Å². The molecule has 0 saturated carbocycles. The molecule has 0 spiro atoms. The second-order valence-electron chi connectivity index (χ2n) is 6.08. The zero-order valence-electron chi connectivity index (χ0n) is 15.3. The summed E-state index contributed by atoms with van der Waals surface area (Å²) in [6.45, 7) is 5.44. The lowest BCUT2D eigenvalue weighted by atomic mass is 10.1. The first-order chi connectivity index (χ1) is 13.0. The van der Waals surface area contributed by atoms with Crippen LogP contribution in [0.5, 0.6) is 0 Å². The number of amides is 1. The van der Waals surface area contributed by atoms with Crippen LogP contribution in [0.2, 0.25) is 0 Å². The predicted molar refractivity (Wildman–Crippen MR) is 104 cm³/mol. The van der Waals surface area contributed by atoms with E-state index in [-0.39, 0.29) is 17.4 Å². The number of hydrogen-bond acceptors (Lipinski definition) is 6. The van der Waals surface area contributed by atoms with E-state index in [0.29, 0.717) is 16.4 Å². The highest BCUT2D eigenvalue weighted by Gasteiger charge is 2.15. The molecule has 0 aliphatic heterocycles. The molecule has 1 aromatic heterocycles. The van der Waals surface area contributed by atoms with Crippen molar-refractivity contribution >= 4 is 29.1 Å². The summed E-state index contributed by atoms with van der Waals surface area (Å²) in [5.41, 5.74) is 4.28. The molecule has 8 heteroatoms. The highest BCUT2D eigenvalue weighted by molar-refractivity contribution is 7.99. The average molecular weight is 381 g/mol. The fraction of sp³-hybridized carbons (Fsp3) is 0.211. The van der Waals surface area contributed by atoms with Gasteiger partial charge in [0, 0.05) is 18.2 Å². The van der Waals surface area contributed by atoms with Gasteiger partial charge >= 0.3 is 0 Å². The van der Waals surface area contributed by atoms with E-state index < -0.39 is 0 Å². The van der Waals surface area contributed by atoms with Crippen LogP contribution in [0.4, 0.5) is 5.69 Å². The highest BCUT2D eigenvalue weighted by Crippen LogP contribution is 2.24. The van der Waals surface area contributed by atoms with Gasteiger partial charge in [-0.3, -0.25) is 9.59 Å². The van der Waals surface area contributed by atoms with Gasteiger partial charge in [-0.05, 0) is 59.7 Å². The van der Waals surface area contributed by atoms with Crippen LogP contribution in [0.15, 0.2) is 47.6 Å². The van der Waals surface area contributed by atoms with Gasteiger partial charge in [-0.15, -0.1) is 5.10 Å². The number of aryl methyl sites for hydroxylation is 2. The van der Waals surface area contributed by atoms with E-state index in [1.807, 2.05) is 32.0 Å². The third kappa shape index (κ3) is 4.40. The van der Waals surface area contributed by atoms with Gasteiger partial charge in [0.1, 0.15) is 0 Å². The summed E-state index contributed by atoms with van der Waals surface area (Å²) >= 11 is 1.29. The molecule has 0 bridgehead atoms. The smallest absolute Gasteiger partial charge is 0.221 e. The number of ketones is 1. The number of carbonyl (C=O) groups is 2. The van der Waals surface area contributed by atoms with Crippen molar-refractivity contribution in [2.24, 2.45) is 0 Å². The maximum Gasteiger partial charge on any atom is 0.221 e. The number of Topliss-reactive ketones (excluding diaryl/α,β-unsaturated/α-hetero) is 1. The molecule has 7 nitrogen and oxygen atoms in total. The molecule has 27 heavy (non-hydrogen) atoms. The van der Waals surface area contributed by atoms with Crippen molar-refractivity contribution < 1.29 is 9.59 Å². The summed E-state index contributed by atoms with van der Waals surface area (Å²) in [4.78, 5) is 23.5. The molecule has 0 aliphatic carbocycles. The Morgan fingerprint density at radius 3 is 2.37 bits per heavy atom. The summed E-state index contributed by atoms with van der Waals surface area (Å²) in [7, 11) is 0. The monoisotopic (exact) mass is 381 g/mol. The zero-order valence-corrected chi connectivity index (χ0v) is 16.1. The van der Waals surface area contributed by atoms with E-state index >= 15 is 0 Å². The van der Waals surface area contributed by atoms with Crippen LogP contribution >= 0.6 is 11.8 Å². The third-order valence-electron chi connectivity index (χ3n) is 3.95. The summed E-state index contributed by atoms with van der Waals surface area (Å²) < 4.78 is 1.67. The van der Waals surface area contributed by atoms with Crippen molar-refractivity contribution in [1.82, 2.24) is 20.2 Å². The van der Waals surface area contributed by atoms with E-state index in [4.69, 9.17) is 0 Å². The standard InChI is InChI=1S/C19H19N5O2S/c1-12-5-4-6-13(2)18(12)24-19(21-22-23-24)27-11-17(26)15-7-9-16(10-8-15)20-14(3)25/h4-10H,11H2,1-3H3,(H,20,25). The van der Waals surface area contributed by atoms with E-state index in [2.05, 4.69) is 20.8 Å². The van der Waals surface area contributed by atoms with Crippen molar-refractivity contribution in [3.8, 4) is 5.69 Å². The van der Waals surface area contributed by atoms with Crippen LogP contribution in [0, 0.1) is 13.8 Å². The maximum absolute atomic E-state index is 12.5. The number of rotatable bonds is 6. The van der Waals surface area contributed by atoms with Gasteiger partial charge in [0.05, 0.1) is 11.4 Å². The van der Waals surface area contributed by atoms with Gasteiger partial charge in [-0.25, -0.2) is 0 Å². The Kier molecular flexibility index (Phi) is 5.66. The normalized spacial score (nSPS) is 10.6. The van der Waals surface area contributed by atoms with Crippen molar-refractivity contribution in [3.05, 3.63) is 59.2 Å². The zero-order chi connectivity index (χ0) is 19.4. The van der Waals surface area contributed by atoms with Gasteiger partial charge in [-0.1, -0.05) is 30.0 Å². The number of aromatic nitrogens is 4. The van der Waals surface area contributed by atoms with Crippen molar-refractivity contribution in [2.75, 3.05) is 11.1 Å². The minimum atomic E-state index is -0.150. The summed E-state index contributed by atoms with van der Waals surface area (Å²) in [5.74, 6) is 0.0264. The molecule has 138 valence electrons. The fourth-order valence-electron chi connectivity index (χ4n) is 2.71. The first kappa shape index (κ1) is 18.8. The minimum absolute atomic E-state index is 0.0366. The van der Waals surface area contributed by atoms with Crippen LogP contribution in [0.3, 0.4) is 0 Å². The van der Waals surface area contributed by atoms with Gasteiger partial charge in [0.15, 0.2) is 5.78 Å². The first-order valence-electron chi connectivity index (χ1n) is 8.34. The molecule has 0 fully saturated rings. The lowest BCUT2D eigenvalue weighted by Crippen LogP contribution is -2.08. The largest absolute Gasteiger partial charge is 0.326 e. The van der Waals surface area contributed by atoms with Crippen LogP contribution in [0.25, 0.3) is 5.69 Å². The highest BCUT2D eigenvalue weighted by atomic mass is 32.2. The number of benzene rings is 2.